The summed E-state index contributed by atoms with van der Waals surface area (Å²) in [5, 5.41) is 6.11. The number of nitrogens with one attached hydrogen (secondary N) is 2. The number of benzene rings is 1. The second-order valence-electron chi connectivity index (χ2n) is 4.38. The minimum atomic E-state index is -0.288. The van der Waals surface area contributed by atoms with Crippen LogP contribution in [0.15, 0.2) is 42.5 Å². The number of nitrogens with zero attached hydrogens (tertiary/aromatic N) is 1. The lowest BCUT2D eigenvalue weighted by Gasteiger charge is -2.14. The van der Waals surface area contributed by atoms with Gasteiger partial charge in [0, 0.05) is 7.05 Å². The smallest absolute Gasteiger partial charge is 0.271 e. The van der Waals surface area contributed by atoms with E-state index in [-0.39, 0.29) is 17.6 Å². The molecule has 104 valence electrons. The number of carbonyl (C=O) groups is 1. The van der Waals surface area contributed by atoms with Crippen molar-refractivity contribution in [2.45, 2.75) is 13.0 Å². The molecular formula is C15H16ClN3O. The Morgan fingerprint density at radius 3 is 2.55 bits per heavy atom. The molecule has 0 saturated heterocycles. The molecule has 0 fully saturated rings. The lowest BCUT2D eigenvalue weighted by molar-refractivity contribution is 0.0935. The maximum Gasteiger partial charge on any atom is 0.271 e. The first-order valence-electron chi connectivity index (χ1n) is 6.32. The lowest BCUT2D eigenvalue weighted by Crippen LogP contribution is -2.27. The van der Waals surface area contributed by atoms with Crippen molar-refractivity contribution in [2.24, 2.45) is 0 Å². The molecule has 1 unspecified atom stereocenters. The standard InChI is InChI=1S/C15H16ClN3O/c1-10(11-6-4-3-5-7-11)18-15(20)14-12(16)8-9-13(17-2)19-14/h3-10H,1-2H3,(H,17,19)(H,18,20). The number of pyridine rings is 1. The van der Waals surface area contributed by atoms with Crippen LogP contribution in [0.2, 0.25) is 5.02 Å². The summed E-state index contributed by atoms with van der Waals surface area (Å²) in [4.78, 5) is 16.4. The van der Waals surface area contributed by atoms with Crippen LogP contribution in [0, 0.1) is 0 Å². The molecule has 1 atom stereocenters. The van der Waals surface area contributed by atoms with E-state index >= 15 is 0 Å². The predicted molar refractivity (Wildman–Crippen MR) is 81.1 cm³/mol. The first kappa shape index (κ1) is 14.3. The van der Waals surface area contributed by atoms with Gasteiger partial charge in [-0.2, -0.15) is 0 Å². The number of hydrogen-bond donors (Lipinski definition) is 2. The van der Waals surface area contributed by atoms with Crippen molar-refractivity contribution in [1.82, 2.24) is 10.3 Å². The molecule has 5 heteroatoms. The molecule has 0 aliphatic rings. The quantitative estimate of drug-likeness (QED) is 0.908. The van der Waals surface area contributed by atoms with Gasteiger partial charge in [-0.1, -0.05) is 41.9 Å². The maximum absolute atomic E-state index is 12.2. The highest BCUT2D eigenvalue weighted by Gasteiger charge is 2.16. The van der Waals surface area contributed by atoms with Gasteiger partial charge in [-0.25, -0.2) is 4.98 Å². The summed E-state index contributed by atoms with van der Waals surface area (Å²) in [5.74, 6) is 0.315. The molecule has 0 saturated carbocycles. The monoisotopic (exact) mass is 289 g/mol. The largest absolute Gasteiger partial charge is 0.373 e. The Balaban J connectivity index is 2.16. The van der Waals surface area contributed by atoms with Gasteiger partial charge in [0.1, 0.15) is 11.5 Å². The second kappa shape index (κ2) is 6.39. The Kier molecular flexibility index (Phi) is 4.58. The lowest BCUT2D eigenvalue weighted by atomic mass is 10.1. The number of rotatable bonds is 4. The van der Waals surface area contributed by atoms with E-state index in [1.165, 1.54) is 0 Å². The highest BCUT2D eigenvalue weighted by Crippen LogP contribution is 2.18. The fraction of sp³-hybridized carbons (Fsp3) is 0.200. The van der Waals surface area contributed by atoms with E-state index in [0.717, 1.165) is 5.56 Å². The van der Waals surface area contributed by atoms with Crippen LogP contribution < -0.4 is 10.6 Å². The molecule has 0 radical (unpaired) electrons. The fourth-order valence-corrected chi connectivity index (χ4v) is 2.02. The van der Waals surface area contributed by atoms with Gasteiger partial charge in [-0.15, -0.1) is 0 Å². The van der Waals surface area contributed by atoms with Crippen molar-refractivity contribution in [3.8, 4) is 0 Å². The zero-order valence-corrected chi connectivity index (χ0v) is 12.1. The van der Waals surface area contributed by atoms with Crippen LogP contribution in [0.1, 0.15) is 29.0 Å². The normalized spacial score (nSPS) is 11.8. The zero-order chi connectivity index (χ0) is 14.5. The molecule has 1 aromatic carbocycles. The Morgan fingerprint density at radius 2 is 1.90 bits per heavy atom. The topological polar surface area (TPSA) is 54.0 Å². The van der Waals surface area contributed by atoms with Gasteiger partial charge < -0.3 is 10.6 Å². The van der Waals surface area contributed by atoms with Crippen LogP contribution in [0.4, 0.5) is 5.82 Å². The maximum atomic E-state index is 12.2. The van der Waals surface area contributed by atoms with E-state index in [4.69, 9.17) is 11.6 Å². The van der Waals surface area contributed by atoms with Crippen LogP contribution in [0.5, 0.6) is 0 Å². The van der Waals surface area contributed by atoms with Gasteiger partial charge in [0.2, 0.25) is 0 Å². The first-order valence-corrected chi connectivity index (χ1v) is 6.69. The molecule has 1 heterocycles. The van der Waals surface area contributed by atoms with Crippen molar-refractivity contribution in [1.29, 1.82) is 0 Å². The Hall–Kier alpha value is -2.07. The van der Waals surface area contributed by atoms with Crippen LogP contribution in [-0.2, 0) is 0 Å². The third-order valence-electron chi connectivity index (χ3n) is 2.96. The van der Waals surface area contributed by atoms with Gasteiger partial charge in [0.25, 0.3) is 5.91 Å². The summed E-state index contributed by atoms with van der Waals surface area (Å²) in [6, 6.07) is 13.0. The van der Waals surface area contributed by atoms with Crippen molar-refractivity contribution in [3.05, 3.63) is 58.7 Å². The Morgan fingerprint density at radius 1 is 1.20 bits per heavy atom. The summed E-state index contributed by atoms with van der Waals surface area (Å²) in [5.41, 5.74) is 1.25. The van der Waals surface area contributed by atoms with E-state index in [1.54, 1.807) is 19.2 Å². The van der Waals surface area contributed by atoms with E-state index in [0.29, 0.717) is 10.8 Å². The summed E-state index contributed by atoms with van der Waals surface area (Å²) in [6.45, 7) is 1.92. The minimum absolute atomic E-state index is 0.111. The Labute approximate surface area is 123 Å². The summed E-state index contributed by atoms with van der Waals surface area (Å²) in [7, 11) is 1.74. The SMILES string of the molecule is CNc1ccc(Cl)c(C(=O)NC(C)c2ccccc2)n1. The molecule has 2 rings (SSSR count). The van der Waals surface area contributed by atoms with Crippen molar-refractivity contribution < 1.29 is 4.79 Å². The van der Waals surface area contributed by atoms with Crippen LogP contribution in [-0.4, -0.2) is 17.9 Å². The second-order valence-corrected chi connectivity index (χ2v) is 4.79. The summed E-state index contributed by atoms with van der Waals surface area (Å²) < 4.78 is 0. The van der Waals surface area contributed by atoms with Gasteiger partial charge >= 0.3 is 0 Å². The van der Waals surface area contributed by atoms with Gasteiger partial charge in [0.15, 0.2) is 0 Å². The number of aromatic nitrogens is 1. The highest BCUT2D eigenvalue weighted by molar-refractivity contribution is 6.33. The molecule has 20 heavy (non-hydrogen) atoms. The van der Waals surface area contributed by atoms with Crippen LogP contribution >= 0.6 is 11.6 Å². The highest BCUT2D eigenvalue weighted by atomic mass is 35.5. The van der Waals surface area contributed by atoms with Gasteiger partial charge in [-0.3, -0.25) is 4.79 Å². The molecule has 4 nitrogen and oxygen atoms in total. The van der Waals surface area contributed by atoms with Crippen LogP contribution in [0.25, 0.3) is 0 Å². The number of amides is 1. The van der Waals surface area contributed by atoms with Crippen molar-refractivity contribution in [2.75, 3.05) is 12.4 Å². The predicted octanol–water partition coefficient (Wildman–Crippen LogP) is 3.27. The van der Waals surface area contributed by atoms with Crippen molar-refractivity contribution in [3.63, 3.8) is 0 Å². The average Bonchev–Trinajstić information content (AvgIpc) is 2.48. The molecule has 2 aromatic rings. The van der Waals surface area contributed by atoms with E-state index < -0.39 is 0 Å². The third kappa shape index (κ3) is 3.27. The molecular weight excluding hydrogens is 274 g/mol. The fourth-order valence-electron chi connectivity index (χ4n) is 1.83. The molecule has 1 aromatic heterocycles. The number of hydrogen-bond acceptors (Lipinski definition) is 3. The molecule has 0 aliphatic heterocycles. The summed E-state index contributed by atoms with van der Waals surface area (Å²) in [6.07, 6.45) is 0. The number of carbonyl (C=O) groups excluding carboxylic acids is 1. The van der Waals surface area contributed by atoms with E-state index in [1.807, 2.05) is 37.3 Å². The van der Waals surface area contributed by atoms with Crippen molar-refractivity contribution >= 4 is 23.3 Å². The molecule has 0 aliphatic carbocycles. The minimum Gasteiger partial charge on any atom is -0.373 e. The first-order chi connectivity index (χ1) is 9.61. The molecule has 1 amide bonds. The molecule has 2 N–H and O–H groups in total. The third-order valence-corrected chi connectivity index (χ3v) is 3.27. The molecule has 0 spiro atoms. The molecule has 0 bridgehead atoms. The number of anilines is 1. The summed E-state index contributed by atoms with van der Waals surface area (Å²) >= 11 is 6.03. The van der Waals surface area contributed by atoms with E-state index in [2.05, 4.69) is 15.6 Å². The Bertz CT molecular complexity index is 601. The van der Waals surface area contributed by atoms with Gasteiger partial charge in [-0.05, 0) is 24.6 Å². The van der Waals surface area contributed by atoms with Gasteiger partial charge in [0.05, 0.1) is 11.1 Å². The van der Waals surface area contributed by atoms with E-state index in [9.17, 15) is 4.79 Å². The van der Waals surface area contributed by atoms with Crippen LogP contribution in [0.3, 0.4) is 0 Å². The average molecular weight is 290 g/mol. The zero-order valence-electron chi connectivity index (χ0n) is 11.4. The number of halogens is 1.